The lowest BCUT2D eigenvalue weighted by molar-refractivity contribution is -0.141. The Hall–Kier alpha value is -2.55. The molecule has 4 atom stereocenters. The van der Waals surface area contributed by atoms with Crippen LogP contribution in [-0.2, 0) is 20.7 Å². The van der Waals surface area contributed by atoms with Gasteiger partial charge in [-0.3, -0.25) is 14.6 Å². The summed E-state index contributed by atoms with van der Waals surface area (Å²) < 4.78 is 6.87. The number of carbonyl (C=O) groups excluding carboxylic acids is 2. The van der Waals surface area contributed by atoms with Crippen molar-refractivity contribution in [2.75, 3.05) is 38.5 Å². The Balaban J connectivity index is 1.28. The predicted octanol–water partition coefficient (Wildman–Crippen LogP) is 2.68. The molecule has 8 heteroatoms. The SMILES string of the molecule is CN1CCN(C(=O)C2C3C=C(Br)C(O3)C2C(=O)Nc2ccc(Cc3ccncc3)cc2)CC1. The van der Waals surface area contributed by atoms with Crippen molar-refractivity contribution in [2.24, 2.45) is 11.8 Å². The van der Waals surface area contributed by atoms with Crippen LogP contribution in [0, 0.1) is 11.8 Å². The van der Waals surface area contributed by atoms with Crippen LogP contribution in [-0.4, -0.2) is 72.0 Å². The number of anilines is 1. The standard InChI is InChI=1S/C25H27BrN4O3/c1-29-10-12-30(13-11-29)25(32)21-20-15-19(26)23(33-20)22(21)24(31)28-18-4-2-16(3-5-18)14-17-6-8-27-9-7-17/h2-9,15,20-23H,10-14H2,1H3,(H,28,31). The maximum absolute atomic E-state index is 13.4. The van der Waals surface area contributed by atoms with Crippen LogP contribution in [0.5, 0.6) is 0 Å². The molecule has 7 nitrogen and oxygen atoms in total. The lowest BCUT2D eigenvalue weighted by Crippen LogP contribution is -2.52. The molecule has 2 aromatic rings. The third kappa shape index (κ3) is 4.60. The van der Waals surface area contributed by atoms with Gasteiger partial charge in [0.15, 0.2) is 0 Å². The number of ether oxygens (including phenoxy) is 1. The monoisotopic (exact) mass is 510 g/mol. The zero-order chi connectivity index (χ0) is 22.9. The van der Waals surface area contributed by atoms with Gasteiger partial charge in [-0.2, -0.15) is 0 Å². The van der Waals surface area contributed by atoms with Crippen LogP contribution in [0.25, 0.3) is 0 Å². The van der Waals surface area contributed by atoms with Crippen LogP contribution in [0.1, 0.15) is 11.1 Å². The molecule has 0 saturated carbocycles. The fourth-order valence-electron chi connectivity index (χ4n) is 4.86. The van der Waals surface area contributed by atoms with Crippen LogP contribution in [0.3, 0.4) is 0 Å². The van der Waals surface area contributed by atoms with Crippen molar-refractivity contribution >= 4 is 33.4 Å². The smallest absolute Gasteiger partial charge is 0.231 e. The van der Waals surface area contributed by atoms with Crippen LogP contribution >= 0.6 is 15.9 Å². The molecule has 172 valence electrons. The molecule has 33 heavy (non-hydrogen) atoms. The molecule has 3 aliphatic rings. The van der Waals surface area contributed by atoms with Crippen molar-refractivity contribution in [1.29, 1.82) is 0 Å². The highest BCUT2D eigenvalue weighted by molar-refractivity contribution is 9.11. The van der Waals surface area contributed by atoms with E-state index >= 15 is 0 Å². The third-order valence-corrected chi connectivity index (χ3v) is 7.46. The van der Waals surface area contributed by atoms with E-state index in [0.29, 0.717) is 18.8 Å². The quantitative estimate of drug-likeness (QED) is 0.669. The Morgan fingerprint density at radius 1 is 1.03 bits per heavy atom. The second-order valence-corrected chi connectivity index (χ2v) is 9.89. The average molecular weight is 511 g/mol. The number of rotatable bonds is 5. The summed E-state index contributed by atoms with van der Waals surface area (Å²) in [4.78, 5) is 34.9. The summed E-state index contributed by atoms with van der Waals surface area (Å²) in [5, 5.41) is 3.02. The summed E-state index contributed by atoms with van der Waals surface area (Å²) in [6.45, 7) is 3.05. The van der Waals surface area contributed by atoms with Gasteiger partial charge in [0, 0.05) is 48.7 Å². The highest BCUT2D eigenvalue weighted by Crippen LogP contribution is 2.46. The summed E-state index contributed by atoms with van der Waals surface area (Å²) >= 11 is 3.53. The van der Waals surface area contributed by atoms with Crippen LogP contribution in [0.2, 0.25) is 0 Å². The maximum atomic E-state index is 13.4. The third-order valence-electron chi connectivity index (χ3n) is 6.75. The first kappa shape index (κ1) is 22.3. The fourth-order valence-corrected chi connectivity index (χ4v) is 5.52. The van der Waals surface area contributed by atoms with Crippen molar-refractivity contribution in [3.8, 4) is 0 Å². The molecule has 2 amide bonds. The molecule has 2 fully saturated rings. The molecule has 3 aliphatic heterocycles. The minimum atomic E-state index is -0.557. The number of aromatic nitrogens is 1. The van der Waals surface area contributed by atoms with Crippen molar-refractivity contribution in [3.63, 3.8) is 0 Å². The topological polar surface area (TPSA) is 74.8 Å². The second-order valence-electron chi connectivity index (χ2n) is 8.97. The number of nitrogens with zero attached hydrogens (tertiary/aromatic N) is 3. The normalized spacial score (nSPS) is 26.8. The zero-order valence-electron chi connectivity index (χ0n) is 18.5. The Bertz CT molecular complexity index is 1050. The number of benzene rings is 1. The number of hydrogen-bond donors (Lipinski definition) is 1. The first-order chi connectivity index (χ1) is 16.0. The number of hydrogen-bond acceptors (Lipinski definition) is 5. The summed E-state index contributed by atoms with van der Waals surface area (Å²) in [6, 6.07) is 11.8. The highest BCUT2D eigenvalue weighted by Gasteiger charge is 2.56. The summed E-state index contributed by atoms with van der Waals surface area (Å²) in [5.74, 6) is -1.22. The number of amides is 2. The van der Waals surface area contributed by atoms with Gasteiger partial charge in [-0.15, -0.1) is 0 Å². The minimum Gasteiger partial charge on any atom is -0.364 e. The molecular formula is C25H27BrN4O3. The van der Waals surface area contributed by atoms with E-state index < -0.39 is 17.9 Å². The first-order valence-corrected chi connectivity index (χ1v) is 12.1. The molecule has 0 radical (unpaired) electrons. The number of nitrogens with one attached hydrogen (secondary N) is 1. The summed E-state index contributed by atoms with van der Waals surface area (Å²) in [5.41, 5.74) is 3.05. The first-order valence-electron chi connectivity index (χ1n) is 11.3. The molecular weight excluding hydrogens is 484 g/mol. The van der Waals surface area contributed by atoms with Gasteiger partial charge in [0.2, 0.25) is 11.8 Å². The van der Waals surface area contributed by atoms with E-state index in [9.17, 15) is 9.59 Å². The van der Waals surface area contributed by atoms with E-state index in [1.165, 1.54) is 5.56 Å². The molecule has 1 aromatic heterocycles. The Morgan fingerprint density at radius 3 is 2.39 bits per heavy atom. The lowest BCUT2D eigenvalue weighted by atomic mass is 9.81. The number of pyridine rings is 1. The second kappa shape index (κ2) is 9.37. The number of carbonyl (C=O) groups is 2. The molecule has 0 spiro atoms. The zero-order valence-corrected chi connectivity index (χ0v) is 20.1. The molecule has 1 N–H and O–H groups in total. The van der Waals surface area contributed by atoms with Gasteiger partial charge in [0.25, 0.3) is 0 Å². The minimum absolute atomic E-state index is 0.0136. The number of likely N-dealkylation sites (N-methyl/N-ethyl adjacent to an activating group) is 1. The Morgan fingerprint density at radius 2 is 1.70 bits per heavy atom. The molecule has 4 unspecified atom stereocenters. The Labute approximate surface area is 201 Å². The molecule has 4 heterocycles. The van der Waals surface area contributed by atoms with Gasteiger partial charge in [-0.1, -0.05) is 28.1 Å². The largest absolute Gasteiger partial charge is 0.364 e. The van der Waals surface area contributed by atoms with Gasteiger partial charge < -0.3 is 19.9 Å². The number of halogens is 1. The van der Waals surface area contributed by atoms with E-state index in [1.54, 1.807) is 12.4 Å². The Kier molecular flexibility index (Phi) is 6.32. The molecule has 5 rings (SSSR count). The van der Waals surface area contributed by atoms with Gasteiger partial charge >= 0.3 is 0 Å². The fraction of sp³-hybridized carbons (Fsp3) is 0.400. The van der Waals surface area contributed by atoms with Crippen LogP contribution < -0.4 is 5.32 Å². The maximum Gasteiger partial charge on any atom is 0.231 e. The predicted molar refractivity (Wildman–Crippen MR) is 129 cm³/mol. The van der Waals surface area contributed by atoms with Crippen molar-refractivity contribution < 1.29 is 14.3 Å². The highest BCUT2D eigenvalue weighted by atomic mass is 79.9. The molecule has 1 aromatic carbocycles. The average Bonchev–Trinajstić information content (AvgIpc) is 3.38. The molecule has 2 bridgehead atoms. The van der Waals surface area contributed by atoms with Gasteiger partial charge in [-0.05, 0) is 54.9 Å². The van der Waals surface area contributed by atoms with E-state index in [1.807, 2.05) is 47.4 Å². The van der Waals surface area contributed by atoms with E-state index in [-0.39, 0.29) is 17.9 Å². The van der Waals surface area contributed by atoms with E-state index in [4.69, 9.17) is 4.74 Å². The van der Waals surface area contributed by atoms with Crippen molar-refractivity contribution in [3.05, 3.63) is 70.5 Å². The van der Waals surface area contributed by atoms with Crippen molar-refractivity contribution in [1.82, 2.24) is 14.8 Å². The van der Waals surface area contributed by atoms with E-state index in [0.717, 1.165) is 29.6 Å². The van der Waals surface area contributed by atoms with Crippen LogP contribution in [0.4, 0.5) is 5.69 Å². The summed E-state index contributed by atoms with van der Waals surface area (Å²) in [7, 11) is 2.06. The summed E-state index contributed by atoms with van der Waals surface area (Å²) in [6.07, 6.45) is 5.52. The van der Waals surface area contributed by atoms with E-state index in [2.05, 4.69) is 38.2 Å². The number of piperazine rings is 1. The molecule has 2 saturated heterocycles. The number of fused-ring (bicyclic) bond motifs is 2. The van der Waals surface area contributed by atoms with Crippen LogP contribution in [0.15, 0.2) is 59.4 Å². The van der Waals surface area contributed by atoms with Gasteiger partial charge in [0.05, 0.1) is 17.9 Å². The molecule has 0 aliphatic carbocycles. The lowest BCUT2D eigenvalue weighted by Gasteiger charge is -2.36. The van der Waals surface area contributed by atoms with Gasteiger partial charge in [0.1, 0.15) is 6.10 Å². The van der Waals surface area contributed by atoms with Crippen molar-refractivity contribution in [2.45, 2.75) is 18.6 Å². The van der Waals surface area contributed by atoms with Gasteiger partial charge in [-0.25, -0.2) is 0 Å².